The molecular formula is C17H20N6O4S2. The maximum Gasteiger partial charge on any atom is 0.261 e. The Morgan fingerprint density at radius 1 is 1.00 bits per heavy atom. The van der Waals surface area contributed by atoms with E-state index < -0.39 is 20.0 Å². The van der Waals surface area contributed by atoms with Crippen molar-refractivity contribution in [1.82, 2.24) is 24.5 Å². The minimum atomic E-state index is -3.99. The van der Waals surface area contributed by atoms with E-state index in [1.54, 1.807) is 26.0 Å². The fraction of sp³-hybridized carbons (Fsp3) is 0.235. The van der Waals surface area contributed by atoms with Gasteiger partial charge in [0.25, 0.3) is 10.0 Å². The molecule has 10 nitrogen and oxygen atoms in total. The summed E-state index contributed by atoms with van der Waals surface area (Å²) >= 11 is 0. The van der Waals surface area contributed by atoms with E-state index in [1.165, 1.54) is 49.4 Å². The molecule has 154 valence electrons. The Morgan fingerprint density at radius 3 is 2.34 bits per heavy atom. The molecule has 0 atom stereocenters. The minimum absolute atomic E-state index is 0.00532. The lowest BCUT2D eigenvalue weighted by Crippen LogP contribution is -2.23. The van der Waals surface area contributed by atoms with E-state index in [0.29, 0.717) is 16.8 Å². The number of hydrogen-bond donors (Lipinski definition) is 1. The summed E-state index contributed by atoms with van der Waals surface area (Å²) in [5.74, 6) is 0. The molecule has 1 heterocycles. The molecule has 0 amide bonds. The number of anilines is 1. The Kier molecular flexibility index (Phi) is 5.43. The maximum atomic E-state index is 12.9. The normalized spacial score (nSPS) is 12.3. The molecule has 3 aromatic rings. The smallest absolute Gasteiger partial charge is 0.261 e. The summed E-state index contributed by atoms with van der Waals surface area (Å²) in [5.41, 5.74) is 1.93. The number of nitrogens with one attached hydrogen (secondary N) is 1. The van der Waals surface area contributed by atoms with Crippen LogP contribution in [-0.2, 0) is 20.0 Å². The Balaban J connectivity index is 2.03. The molecule has 0 aliphatic heterocycles. The van der Waals surface area contributed by atoms with E-state index in [4.69, 9.17) is 0 Å². The average Bonchev–Trinajstić information content (AvgIpc) is 3.20. The van der Waals surface area contributed by atoms with Gasteiger partial charge in [-0.25, -0.2) is 25.8 Å². The third-order valence-corrected chi connectivity index (χ3v) is 7.56. The molecule has 0 aliphatic rings. The Hall–Kier alpha value is -2.83. The van der Waals surface area contributed by atoms with Gasteiger partial charge in [-0.05, 0) is 65.7 Å². The molecule has 0 unspecified atom stereocenters. The largest absolute Gasteiger partial charge is 0.279 e. The van der Waals surface area contributed by atoms with Gasteiger partial charge in [-0.15, -0.1) is 5.10 Å². The first-order valence-electron chi connectivity index (χ1n) is 8.42. The van der Waals surface area contributed by atoms with Crippen molar-refractivity contribution in [2.24, 2.45) is 0 Å². The molecule has 0 bridgehead atoms. The van der Waals surface area contributed by atoms with Gasteiger partial charge in [0.2, 0.25) is 10.0 Å². The number of hydrogen-bond acceptors (Lipinski definition) is 7. The Morgan fingerprint density at radius 2 is 1.72 bits per heavy atom. The third-order valence-electron chi connectivity index (χ3n) is 4.41. The molecule has 0 radical (unpaired) electrons. The van der Waals surface area contributed by atoms with Crippen molar-refractivity contribution < 1.29 is 16.8 Å². The van der Waals surface area contributed by atoms with Crippen LogP contribution in [0, 0.1) is 13.8 Å². The van der Waals surface area contributed by atoms with Gasteiger partial charge in [0.15, 0.2) is 0 Å². The zero-order valence-electron chi connectivity index (χ0n) is 16.2. The summed E-state index contributed by atoms with van der Waals surface area (Å²) < 4.78 is 55.8. The zero-order valence-corrected chi connectivity index (χ0v) is 17.9. The van der Waals surface area contributed by atoms with Crippen LogP contribution < -0.4 is 4.72 Å². The lowest BCUT2D eigenvalue weighted by atomic mass is 10.1. The van der Waals surface area contributed by atoms with Gasteiger partial charge in [0, 0.05) is 14.1 Å². The lowest BCUT2D eigenvalue weighted by molar-refractivity contribution is 0.520. The van der Waals surface area contributed by atoms with Crippen LogP contribution in [0.1, 0.15) is 11.1 Å². The number of sulfonamides is 2. The molecule has 0 spiro atoms. The summed E-state index contributed by atoms with van der Waals surface area (Å²) in [4.78, 5) is -0.00540. The van der Waals surface area contributed by atoms with Gasteiger partial charge in [-0.2, -0.15) is 0 Å². The molecule has 0 saturated carbocycles. The highest BCUT2D eigenvalue weighted by Crippen LogP contribution is 2.28. The van der Waals surface area contributed by atoms with Crippen molar-refractivity contribution in [2.45, 2.75) is 23.6 Å². The molecule has 1 N–H and O–H groups in total. The van der Waals surface area contributed by atoms with Crippen LogP contribution in [0.2, 0.25) is 0 Å². The van der Waals surface area contributed by atoms with E-state index in [0.717, 1.165) is 4.31 Å². The average molecular weight is 437 g/mol. The first kappa shape index (κ1) is 20.9. The van der Waals surface area contributed by atoms with E-state index in [1.807, 2.05) is 0 Å². The van der Waals surface area contributed by atoms with Gasteiger partial charge in [-0.3, -0.25) is 4.72 Å². The Bertz CT molecular complexity index is 1250. The fourth-order valence-electron chi connectivity index (χ4n) is 2.57. The summed E-state index contributed by atoms with van der Waals surface area (Å²) in [7, 11) is -4.88. The number of aryl methyl sites for hydroxylation is 1. The predicted molar refractivity (Wildman–Crippen MR) is 107 cm³/mol. The second-order valence-electron chi connectivity index (χ2n) is 6.56. The number of tetrazole rings is 1. The van der Waals surface area contributed by atoms with Gasteiger partial charge in [0.1, 0.15) is 6.33 Å². The van der Waals surface area contributed by atoms with Gasteiger partial charge in [0.05, 0.1) is 21.2 Å². The SMILES string of the molecule is Cc1cc(S(=O)(=O)N(C)C)cc(NS(=O)(=O)c2cccc(-n3cnnn3)c2)c1C. The van der Waals surface area contributed by atoms with Gasteiger partial charge in [-0.1, -0.05) is 6.07 Å². The molecule has 2 aromatic carbocycles. The van der Waals surface area contributed by atoms with Gasteiger partial charge < -0.3 is 0 Å². The van der Waals surface area contributed by atoms with Crippen LogP contribution >= 0.6 is 0 Å². The highest BCUT2D eigenvalue weighted by molar-refractivity contribution is 7.92. The van der Waals surface area contributed by atoms with E-state index in [-0.39, 0.29) is 15.5 Å². The summed E-state index contributed by atoms with van der Waals surface area (Å²) in [6.45, 7) is 3.44. The van der Waals surface area contributed by atoms with Crippen LogP contribution in [0.15, 0.2) is 52.5 Å². The summed E-state index contributed by atoms with van der Waals surface area (Å²) in [6, 6.07) is 8.91. The number of aromatic nitrogens is 4. The Labute approximate surface area is 169 Å². The van der Waals surface area contributed by atoms with Crippen molar-refractivity contribution in [3.63, 3.8) is 0 Å². The van der Waals surface area contributed by atoms with E-state index in [9.17, 15) is 16.8 Å². The summed E-state index contributed by atoms with van der Waals surface area (Å²) in [6.07, 6.45) is 1.35. The second kappa shape index (κ2) is 7.54. The molecule has 0 saturated heterocycles. The molecule has 3 rings (SSSR count). The third kappa shape index (κ3) is 4.13. The quantitative estimate of drug-likeness (QED) is 0.617. The van der Waals surface area contributed by atoms with Crippen LogP contribution in [-0.4, -0.2) is 55.4 Å². The highest BCUT2D eigenvalue weighted by Gasteiger charge is 2.22. The molecule has 0 aliphatic carbocycles. The maximum absolute atomic E-state index is 12.9. The van der Waals surface area contributed by atoms with Crippen LogP contribution in [0.5, 0.6) is 0 Å². The number of benzene rings is 2. The number of nitrogens with zero attached hydrogens (tertiary/aromatic N) is 5. The van der Waals surface area contributed by atoms with Crippen molar-refractivity contribution in [2.75, 3.05) is 18.8 Å². The minimum Gasteiger partial charge on any atom is -0.279 e. The molecule has 29 heavy (non-hydrogen) atoms. The first-order chi connectivity index (χ1) is 13.5. The molecule has 0 fully saturated rings. The topological polar surface area (TPSA) is 127 Å². The first-order valence-corrected chi connectivity index (χ1v) is 11.3. The lowest BCUT2D eigenvalue weighted by Gasteiger charge is -2.17. The summed E-state index contributed by atoms with van der Waals surface area (Å²) in [5, 5.41) is 10.8. The predicted octanol–water partition coefficient (Wildman–Crippen LogP) is 1.33. The van der Waals surface area contributed by atoms with Crippen LogP contribution in [0.4, 0.5) is 5.69 Å². The second-order valence-corrected chi connectivity index (χ2v) is 10.4. The van der Waals surface area contributed by atoms with E-state index in [2.05, 4.69) is 20.2 Å². The zero-order chi connectivity index (χ0) is 21.4. The van der Waals surface area contributed by atoms with Crippen LogP contribution in [0.25, 0.3) is 5.69 Å². The van der Waals surface area contributed by atoms with Crippen molar-refractivity contribution in [3.8, 4) is 5.69 Å². The highest BCUT2D eigenvalue weighted by atomic mass is 32.2. The molecular weight excluding hydrogens is 416 g/mol. The molecule has 12 heteroatoms. The van der Waals surface area contributed by atoms with Crippen molar-refractivity contribution >= 4 is 25.7 Å². The standard InChI is InChI=1S/C17H20N6O4S2/c1-12-8-16(29(26,27)22(3)4)10-17(13(12)2)19-28(24,25)15-7-5-6-14(9-15)23-11-18-20-21-23/h5-11,19H,1-4H3. The number of rotatable bonds is 6. The van der Waals surface area contributed by atoms with Crippen molar-refractivity contribution in [1.29, 1.82) is 0 Å². The van der Waals surface area contributed by atoms with Crippen molar-refractivity contribution in [3.05, 3.63) is 53.9 Å². The fourth-order valence-corrected chi connectivity index (χ4v) is 4.74. The molecule has 1 aromatic heterocycles. The van der Waals surface area contributed by atoms with E-state index >= 15 is 0 Å². The van der Waals surface area contributed by atoms with Gasteiger partial charge >= 0.3 is 0 Å². The van der Waals surface area contributed by atoms with Crippen LogP contribution in [0.3, 0.4) is 0 Å². The monoisotopic (exact) mass is 436 g/mol.